The lowest BCUT2D eigenvalue weighted by atomic mass is 10.0. The molecule has 3 aromatic rings. The van der Waals surface area contributed by atoms with Crippen molar-refractivity contribution in [2.45, 2.75) is 51.0 Å². The van der Waals surface area contributed by atoms with Crippen molar-refractivity contribution in [3.63, 3.8) is 0 Å². The van der Waals surface area contributed by atoms with Crippen molar-refractivity contribution in [2.75, 3.05) is 37.4 Å². The number of benzene rings is 2. The first-order valence-electron chi connectivity index (χ1n) is 13.7. The van der Waals surface area contributed by atoms with Gasteiger partial charge in [0.1, 0.15) is 10.6 Å². The van der Waals surface area contributed by atoms with Crippen LogP contribution < -0.4 is 15.4 Å². The summed E-state index contributed by atoms with van der Waals surface area (Å²) in [5.41, 5.74) is 7.84. The molecule has 1 aliphatic heterocycles. The van der Waals surface area contributed by atoms with E-state index in [2.05, 4.69) is 4.90 Å². The van der Waals surface area contributed by atoms with Crippen molar-refractivity contribution < 1.29 is 32.6 Å². The first kappa shape index (κ1) is 32.6. The SMILES string of the molecule is CN(c1cccc(-c2sc(C(=O)OC(C)(C)C)c(OCC(=O)O)c2Cl)c1)C1CCN(S(=O)(=O)Cc2cccc(N)c2)CC1. The number of nitrogens with two attached hydrogens (primary N) is 1. The van der Waals surface area contributed by atoms with Crippen LogP contribution in [0.3, 0.4) is 0 Å². The average molecular weight is 650 g/mol. The zero-order chi connectivity index (χ0) is 31.5. The van der Waals surface area contributed by atoms with E-state index in [1.165, 1.54) is 0 Å². The predicted molar refractivity (Wildman–Crippen MR) is 170 cm³/mol. The number of ether oxygens (including phenoxy) is 2. The third kappa shape index (κ3) is 8.20. The van der Waals surface area contributed by atoms with Crippen LogP contribution in [0.15, 0.2) is 48.5 Å². The van der Waals surface area contributed by atoms with Crippen LogP contribution in [0.25, 0.3) is 10.4 Å². The van der Waals surface area contributed by atoms with E-state index in [0.717, 1.165) is 22.6 Å². The van der Waals surface area contributed by atoms with Crippen molar-refractivity contribution in [3.05, 3.63) is 64.0 Å². The van der Waals surface area contributed by atoms with E-state index in [1.54, 1.807) is 49.3 Å². The molecule has 1 saturated heterocycles. The molecular formula is C30H36ClN3O7S2. The summed E-state index contributed by atoms with van der Waals surface area (Å²) in [4.78, 5) is 26.9. The minimum atomic E-state index is -3.49. The van der Waals surface area contributed by atoms with Gasteiger partial charge in [-0.1, -0.05) is 35.9 Å². The minimum absolute atomic E-state index is 0.0242. The minimum Gasteiger partial charge on any atom is -0.479 e. The third-order valence-corrected chi connectivity index (χ3v) is 10.4. The molecule has 4 rings (SSSR count). The highest BCUT2D eigenvalue weighted by atomic mass is 35.5. The van der Waals surface area contributed by atoms with Gasteiger partial charge in [-0.15, -0.1) is 11.3 Å². The fraction of sp³-hybridized carbons (Fsp3) is 0.400. The number of esters is 1. The van der Waals surface area contributed by atoms with Gasteiger partial charge in [0.15, 0.2) is 17.2 Å². The Kier molecular flexibility index (Phi) is 9.95. The predicted octanol–water partition coefficient (Wildman–Crippen LogP) is 5.50. The number of nitrogen functional groups attached to an aromatic ring is 1. The molecule has 0 aliphatic carbocycles. The molecule has 13 heteroatoms. The monoisotopic (exact) mass is 649 g/mol. The lowest BCUT2D eigenvalue weighted by molar-refractivity contribution is -0.139. The van der Waals surface area contributed by atoms with E-state index >= 15 is 0 Å². The largest absolute Gasteiger partial charge is 0.479 e. The number of nitrogens with zero attached hydrogens (tertiary/aromatic N) is 2. The summed E-state index contributed by atoms with van der Waals surface area (Å²) >= 11 is 7.75. The Balaban J connectivity index is 1.51. The van der Waals surface area contributed by atoms with Gasteiger partial charge < -0.3 is 25.2 Å². The van der Waals surface area contributed by atoms with E-state index < -0.39 is 34.2 Å². The third-order valence-electron chi connectivity index (χ3n) is 6.91. The van der Waals surface area contributed by atoms with E-state index in [0.29, 0.717) is 42.1 Å². The van der Waals surface area contributed by atoms with Crippen LogP contribution in [0.4, 0.5) is 11.4 Å². The maximum absolute atomic E-state index is 13.1. The van der Waals surface area contributed by atoms with Crippen molar-refractivity contribution in [1.29, 1.82) is 0 Å². The van der Waals surface area contributed by atoms with Gasteiger partial charge in [0.05, 0.1) is 10.6 Å². The smallest absolute Gasteiger partial charge is 0.352 e. The zero-order valence-corrected chi connectivity index (χ0v) is 26.9. The van der Waals surface area contributed by atoms with Gasteiger partial charge in [-0.3, -0.25) is 0 Å². The Morgan fingerprint density at radius 1 is 1.14 bits per heavy atom. The number of thiophene rings is 1. The van der Waals surface area contributed by atoms with Gasteiger partial charge >= 0.3 is 11.9 Å². The zero-order valence-electron chi connectivity index (χ0n) is 24.5. The second-order valence-corrected chi connectivity index (χ2v) is 14.7. The van der Waals surface area contributed by atoms with Gasteiger partial charge in [-0.25, -0.2) is 22.3 Å². The van der Waals surface area contributed by atoms with E-state index in [1.807, 2.05) is 31.3 Å². The van der Waals surface area contributed by atoms with E-state index in [-0.39, 0.29) is 27.4 Å². The second-order valence-electron chi connectivity index (χ2n) is 11.4. The lowest BCUT2D eigenvalue weighted by Crippen LogP contribution is -2.45. The first-order valence-corrected chi connectivity index (χ1v) is 16.5. The molecule has 232 valence electrons. The topological polar surface area (TPSA) is 139 Å². The summed E-state index contributed by atoms with van der Waals surface area (Å²) in [6.45, 7) is 5.34. The molecule has 10 nitrogen and oxygen atoms in total. The van der Waals surface area contributed by atoms with Crippen LogP contribution in [0.2, 0.25) is 5.02 Å². The molecule has 1 fully saturated rings. The molecule has 0 atom stereocenters. The fourth-order valence-electron chi connectivity index (χ4n) is 4.87. The lowest BCUT2D eigenvalue weighted by Gasteiger charge is -2.37. The maximum atomic E-state index is 13.1. The first-order chi connectivity index (χ1) is 20.1. The Bertz CT molecular complexity index is 1590. The number of aliphatic carboxylic acids is 1. The van der Waals surface area contributed by atoms with Crippen molar-refractivity contribution in [3.8, 4) is 16.2 Å². The maximum Gasteiger partial charge on any atom is 0.352 e. The van der Waals surface area contributed by atoms with Crippen molar-refractivity contribution in [2.24, 2.45) is 0 Å². The molecule has 0 spiro atoms. The number of hydrogen-bond donors (Lipinski definition) is 2. The number of carboxylic acids is 1. The number of hydrogen-bond acceptors (Lipinski definition) is 9. The van der Waals surface area contributed by atoms with Gasteiger partial charge in [0.25, 0.3) is 0 Å². The van der Waals surface area contributed by atoms with Crippen LogP contribution in [-0.2, 0) is 25.3 Å². The summed E-state index contributed by atoms with van der Waals surface area (Å²) in [6.07, 6.45) is 1.29. The number of anilines is 2. The standard InChI is InChI=1S/C30H36ClN3O7S2/c1-30(2,3)41-29(37)28-26(40-17-24(35)36)25(31)27(42-28)20-8-6-10-23(16-20)33(4)22-11-13-34(14-12-22)43(38,39)18-19-7-5-9-21(32)15-19/h5-10,15-16,22H,11-14,17-18,32H2,1-4H3,(H,35,36). The van der Waals surface area contributed by atoms with Gasteiger partial charge in [0.2, 0.25) is 10.0 Å². The fourth-order valence-corrected chi connectivity index (χ4v) is 7.86. The Morgan fingerprint density at radius 3 is 2.44 bits per heavy atom. The molecule has 0 unspecified atom stereocenters. The molecule has 0 saturated carbocycles. The molecule has 2 heterocycles. The summed E-state index contributed by atoms with van der Waals surface area (Å²) in [5.74, 6) is -1.97. The number of rotatable bonds is 10. The Hall–Kier alpha value is -3.32. The quantitative estimate of drug-likeness (QED) is 0.215. The molecule has 43 heavy (non-hydrogen) atoms. The van der Waals surface area contributed by atoms with Gasteiger partial charge in [-0.2, -0.15) is 0 Å². The molecule has 0 radical (unpaired) electrons. The van der Waals surface area contributed by atoms with Crippen LogP contribution in [-0.4, -0.2) is 68.2 Å². The van der Waals surface area contributed by atoms with Gasteiger partial charge in [-0.05, 0) is 69.0 Å². The van der Waals surface area contributed by atoms with Crippen LogP contribution in [0, 0.1) is 0 Å². The highest BCUT2D eigenvalue weighted by molar-refractivity contribution is 7.88. The Labute approximate surface area is 261 Å². The van der Waals surface area contributed by atoms with E-state index in [9.17, 15) is 18.0 Å². The molecule has 2 aromatic carbocycles. The van der Waals surface area contributed by atoms with Crippen molar-refractivity contribution >= 4 is 56.3 Å². The number of carboxylic acid groups (broad SMARTS) is 1. The molecule has 0 bridgehead atoms. The van der Waals surface area contributed by atoms with Gasteiger partial charge in [0, 0.05) is 37.6 Å². The number of halogens is 1. The second kappa shape index (κ2) is 13.1. The van der Waals surface area contributed by atoms with E-state index in [4.69, 9.17) is 31.9 Å². The molecule has 1 aliphatic rings. The average Bonchev–Trinajstić information content (AvgIpc) is 3.26. The normalized spacial score (nSPS) is 14.8. The molecular weight excluding hydrogens is 614 g/mol. The van der Waals surface area contributed by atoms with Crippen LogP contribution in [0.1, 0.15) is 48.8 Å². The highest BCUT2D eigenvalue weighted by Crippen LogP contribution is 2.46. The summed E-state index contributed by atoms with van der Waals surface area (Å²) in [5, 5.41) is 9.27. The Morgan fingerprint density at radius 2 is 1.81 bits per heavy atom. The molecule has 3 N–H and O–H groups in total. The van der Waals surface area contributed by atoms with Crippen LogP contribution >= 0.6 is 22.9 Å². The molecule has 1 aromatic heterocycles. The number of carbonyl (C=O) groups is 2. The number of sulfonamides is 1. The summed E-state index contributed by atoms with van der Waals surface area (Å²) in [6, 6.07) is 14.6. The summed E-state index contributed by atoms with van der Waals surface area (Å²) in [7, 11) is -1.52. The number of carbonyl (C=O) groups excluding carboxylic acids is 1. The summed E-state index contributed by atoms with van der Waals surface area (Å²) < 4.78 is 38.6. The van der Waals surface area contributed by atoms with Crippen molar-refractivity contribution in [1.82, 2.24) is 4.31 Å². The number of piperidine rings is 1. The van der Waals surface area contributed by atoms with Crippen LogP contribution in [0.5, 0.6) is 5.75 Å². The highest BCUT2D eigenvalue weighted by Gasteiger charge is 2.31. The molecule has 0 amide bonds.